The molecule has 2 heteroatoms. The number of allylic oxidation sites excluding steroid dienone is 2. The normalized spacial score (nSPS) is 11.8. The predicted molar refractivity (Wildman–Crippen MR) is 36.0 cm³/mol. The van der Waals surface area contributed by atoms with Crippen LogP contribution in [0.25, 0.3) is 0 Å². The minimum absolute atomic E-state index is 0.366. The van der Waals surface area contributed by atoms with Crippen molar-refractivity contribution in [2.75, 3.05) is 7.11 Å². The number of ether oxygens (including phenoxy) is 1. The summed E-state index contributed by atoms with van der Waals surface area (Å²) in [6, 6.07) is 0. The molecule has 0 aromatic rings. The molecule has 0 spiro atoms. The summed E-state index contributed by atoms with van der Waals surface area (Å²) in [5.74, 6) is 0.773. The molecule has 2 nitrogen and oxygen atoms in total. The standard InChI is InChI=1S/C7H12O2/c1-6(2)4-7(5-8)9-3/h4-6H,1-3H3/b7-4+. The second-order valence-electron chi connectivity index (χ2n) is 2.14. The van der Waals surface area contributed by atoms with Crippen LogP contribution in [0.4, 0.5) is 0 Å². The van der Waals surface area contributed by atoms with E-state index in [1.807, 2.05) is 13.8 Å². The smallest absolute Gasteiger partial charge is 0.184 e. The Morgan fingerprint density at radius 2 is 2.11 bits per heavy atom. The van der Waals surface area contributed by atoms with E-state index in [-0.39, 0.29) is 0 Å². The number of rotatable bonds is 3. The number of hydrogen-bond acceptors (Lipinski definition) is 2. The first-order valence-corrected chi connectivity index (χ1v) is 2.91. The van der Waals surface area contributed by atoms with Crippen molar-refractivity contribution in [2.45, 2.75) is 13.8 Å². The zero-order valence-corrected chi connectivity index (χ0v) is 6.05. The van der Waals surface area contributed by atoms with Gasteiger partial charge in [-0.3, -0.25) is 4.79 Å². The van der Waals surface area contributed by atoms with Crippen molar-refractivity contribution < 1.29 is 9.53 Å². The molecule has 0 radical (unpaired) electrons. The van der Waals surface area contributed by atoms with Gasteiger partial charge in [0.25, 0.3) is 0 Å². The SMILES string of the molecule is CO/C(C=O)=C/C(C)C. The summed E-state index contributed by atoms with van der Waals surface area (Å²) >= 11 is 0. The van der Waals surface area contributed by atoms with Crippen molar-refractivity contribution in [3.05, 3.63) is 11.8 Å². The van der Waals surface area contributed by atoms with E-state index in [0.717, 1.165) is 0 Å². The molecule has 0 fully saturated rings. The van der Waals surface area contributed by atoms with Crippen molar-refractivity contribution in [2.24, 2.45) is 5.92 Å². The molecule has 0 heterocycles. The second kappa shape index (κ2) is 4.13. The van der Waals surface area contributed by atoms with E-state index in [1.165, 1.54) is 7.11 Å². The summed E-state index contributed by atoms with van der Waals surface area (Å²) in [5, 5.41) is 0. The lowest BCUT2D eigenvalue weighted by atomic mass is 10.2. The lowest BCUT2D eigenvalue weighted by molar-refractivity contribution is -0.107. The maximum Gasteiger partial charge on any atom is 0.184 e. The highest BCUT2D eigenvalue weighted by atomic mass is 16.5. The third-order valence-corrected chi connectivity index (χ3v) is 0.849. The molecular formula is C7H12O2. The Bertz CT molecular complexity index is 114. The summed E-state index contributed by atoms with van der Waals surface area (Å²) in [4.78, 5) is 10.1. The van der Waals surface area contributed by atoms with Gasteiger partial charge in [0, 0.05) is 0 Å². The van der Waals surface area contributed by atoms with Crippen LogP contribution in [-0.4, -0.2) is 13.4 Å². The quantitative estimate of drug-likeness (QED) is 0.326. The topological polar surface area (TPSA) is 26.3 Å². The van der Waals surface area contributed by atoms with Crippen LogP contribution >= 0.6 is 0 Å². The summed E-state index contributed by atoms with van der Waals surface area (Å²) in [5.41, 5.74) is 0. The van der Waals surface area contributed by atoms with Gasteiger partial charge >= 0.3 is 0 Å². The number of aldehydes is 1. The summed E-state index contributed by atoms with van der Waals surface area (Å²) < 4.78 is 4.70. The predicted octanol–water partition coefficient (Wildman–Crippen LogP) is 1.37. The monoisotopic (exact) mass is 128 g/mol. The fourth-order valence-corrected chi connectivity index (χ4v) is 0.484. The molecular weight excluding hydrogens is 116 g/mol. The largest absolute Gasteiger partial charge is 0.494 e. The van der Waals surface area contributed by atoms with Crippen LogP contribution in [0.3, 0.4) is 0 Å². The maximum absolute atomic E-state index is 10.1. The van der Waals surface area contributed by atoms with Gasteiger partial charge in [0.15, 0.2) is 12.0 Å². The maximum atomic E-state index is 10.1. The Morgan fingerprint density at radius 1 is 1.56 bits per heavy atom. The van der Waals surface area contributed by atoms with Crippen molar-refractivity contribution in [3.63, 3.8) is 0 Å². The van der Waals surface area contributed by atoms with Gasteiger partial charge in [-0.15, -0.1) is 0 Å². The number of hydrogen-bond donors (Lipinski definition) is 0. The molecule has 9 heavy (non-hydrogen) atoms. The Balaban J connectivity index is 3.90. The molecule has 0 amide bonds. The van der Waals surface area contributed by atoms with Gasteiger partial charge < -0.3 is 4.74 Å². The Hall–Kier alpha value is -0.790. The van der Waals surface area contributed by atoms with Gasteiger partial charge in [0.1, 0.15) is 0 Å². The van der Waals surface area contributed by atoms with Crippen molar-refractivity contribution in [1.29, 1.82) is 0 Å². The average molecular weight is 128 g/mol. The Labute approximate surface area is 55.5 Å². The molecule has 0 saturated heterocycles. The molecule has 0 aliphatic carbocycles. The second-order valence-corrected chi connectivity index (χ2v) is 2.14. The van der Waals surface area contributed by atoms with Gasteiger partial charge in [-0.25, -0.2) is 0 Å². The van der Waals surface area contributed by atoms with Crippen LogP contribution in [0.5, 0.6) is 0 Å². The molecule has 0 bridgehead atoms. The van der Waals surface area contributed by atoms with E-state index in [1.54, 1.807) is 6.08 Å². The van der Waals surface area contributed by atoms with E-state index < -0.39 is 0 Å². The first-order valence-electron chi connectivity index (χ1n) is 2.91. The summed E-state index contributed by atoms with van der Waals surface area (Å²) in [7, 11) is 1.49. The fraction of sp³-hybridized carbons (Fsp3) is 0.571. The summed E-state index contributed by atoms with van der Waals surface area (Å²) in [6.07, 6.45) is 2.48. The van der Waals surface area contributed by atoms with Crippen LogP contribution < -0.4 is 0 Å². The molecule has 0 aromatic heterocycles. The van der Waals surface area contributed by atoms with Crippen LogP contribution in [0.1, 0.15) is 13.8 Å². The Kier molecular flexibility index (Phi) is 3.76. The van der Waals surface area contributed by atoms with E-state index in [0.29, 0.717) is 18.0 Å². The van der Waals surface area contributed by atoms with Gasteiger partial charge in [0.2, 0.25) is 0 Å². The lowest BCUT2D eigenvalue weighted by Gasteiger charge is -1.98. The summed E-state index contributed by atoms with van der Waals surface area (Å²) in [6.45, 7) is 3.98. The highest BCUT2D eigenvalue weighted by Crippen LogP contribution is 1.99. The van der Waals surface area contributed by atoms with Crippen molar-refractivity contribution in [3.8, 4) is 0 Å². The number of methoxy groups -OCH3 is 1. The minimum Gasteiger partial charge on any atom is -0.494 e. The lowest BCUT2D eigenvalue weighted by Crippen LogP contribution is -1.90. The van der Waals surface area contributed by atoms with Gasteiger partial charge in [0.05, 0.1) is 7.11 Å². The molecule has 0 rings (SSSR count). The Morgan fingerprint density at radius 3 is 2.22 bits per heavy atom. The van der Waals surface area contributed by atoms with Crippen LogP contribution in [-0.2, 0) is 9.53 Å². The van der Waals surface area contributed by atoms with E-state index >= 15 is 0 Å². The van der Waals surface area contributed by atoms with E-state index in [4.69, 9.17) is 4.74 Å². The number of carbonyl (C=O) groups is 1. The van der Waals surface area contributed by atoms with Gasteiger partial charge in [-0.1, -0.05) is 13.8 Å². The third-order valence-electron chi connectivity index (χ3n) is 0.849. The molecule has 0 N–H and O–H groups in total. The first kappa shape index (κ1) is 8.21. The van der Waals surface area contributed by atoms with E-state index in [9.17, 15) is 4.79 Å². The minimum atomic E-state index is 0.366. The van der Waals surface area contributed by atoms with Gasteiger partial charge in [-0.05, 0) is 12.0 Å². The molecule has 0 aromatic carbocycles. The molecule has 0 unspecified atom stereocenters. The molecule has 0 aliphatic heterocycles. The zero-order chi connectivity index (χ0) is 7.28. The molecule has 0 saturated carbocycles. The molecule has 0 atom stereocenters. The van der Waals surface area contributed by atoms with Crippen molar-refractivity contribution >= 4 is 6.29 Å². The van der Waals surface area contributed by atoms with Crippen LogP contribution in [0, 0.1) is 5.92 Å². The zero-order valence-electron chi connectivity index (χ0n) is 6.05. The third kappa shape index (κ3) is 3.76. The first-order chi connectivity index (χ1) is 4.20. The average Bonchev–Trinajstić information content (AvgIpc) is 1.82. The number of carbonyl (C=O) groups excluding carboxylic acids is 1. The highest BCUT2D eigenvalue weighted by molar-refractivity contribution is 5.70. The molecule has 52 valence electrons. The van der Waals surface area contributed by atoms with Crippen molar-refractivity contribution in [1.82, 2.24) is 0 Å². The fourth-order valence-electron chi connectivity index (χ4n) is 0.484. The highest BCUT2D eigenvalue weighted by Gasteiger charge is 1.92. The van der Waals surface area contributed by atoms with E-state index in [2.05, 4.69) is 0 Å². The van der Waals surface area contributed by atoms with Crippen LogP contribution in [0.15, 0.2) is 11.8 Å². The molecule has 0 aliphatic rings. The van der Waals surface area contributed by atoms with Crippen LogP contribution in [0.2, 0.25) is 0 Å². The van der Waals surface area contributed by atoms with Gasteiger partial charge in [-0.2, -0.15) is 0 Å².